The van der Waals surface area contributed by atoms with Crippen LogP contribution in [-0.4, -0.2) is 151 Å². The molecule has 6 rings (SSSR count). The van der Waals surface area contributed by atoms with Gasteiger partial charge in [-0.2, -0.15) is 4.98 Å². The molecule has 1 amide bonds. The van der Waals surface area contributed by atoms with Gasteiger partial charge in [-0.05, 0) is 43.5 Å². The number of carboxylic acids is 1. The lowest BCUT2D eigenvalue weighted by molar-refractivity contribution is -0.139. The van der Waals surface area contributed by atoms with E-state index in [1.54, 1.807) is 16.7 Å². The van der Waals surface area contributed by atoms with E-state index in [1.807, 2.05) is 0 Å². The maximum Gasteiger partial charge on any atom is 0.472 e. The number of nitrogens with two attached hydrogens (primary N) is 1. The average Bonchev–Trinajstić information content (AvgIpc) is 3.84. The SMILES string of the molecule is Nc1nc2ncc(CNc3ccc(C(=O)NC(CCC(=O)CCCCOCCOCCOCCOP(=O)(O)O[C@@H]4CN=CNc5c4ncn5[C@H]4C[C@@H](O)[C@@H](CO)O4)C(=O)O)cc3)nc2c(=O)[nH]1. The molecular formula is C40H54N11O15P. The van der Waals surface area contributed by atoms with E-state index in [0.29, 0.717) is 43.3 Å². The second-order valence-corrected chi connectivity index (χ2v) is 16.6. The van der Waals surface area contributed by atoms with Gasteiger partial charge in [0.1, 0.15) is 41.8 Å². The van der Waals surface area contributed by atoms with Crippen molar-refractivity contribution in [3.63, 3.8) is 0 Å². The number of benzene rings is 1. The van der Waals surface area contributed by atoms with Crippen LogP contribution >= 0.6 is 7.82 Å². The van der Waals surface area contributed by atoms with Crippen LogP contribution in [0.25, 0.3) is 11.2 Å². The van der Waals surface area contributed by atoms with Gasteiger partial charge in [-0.25, -0.2) is 24.3 Å². The molecule has 4 aromatic rings. The molecule has 0 saturated carbocycles. The number of H-pyrrole nitrogens is 1. The quantitative estimate of drug-likeness (QED) is 0.0281. The third kappa shape index (κ3) is 15.1. The second-order valence-electron chi connectivity index (χ2n) is 15.2. The molecule has 2 aliphatic heterocycles. The number of carbonyl (C=O) groups excluding carboxylic acids is 2. The van der Waals surface area contributed by atoms with Gasteiger partial charge in [-0.1, -0.05) is 0 Å². The lowest BCUT2D eigenvalue weighted by Gasteiger charge is -2.19. The van der Waals surface area contributed by atoms with E-state index in [2.05, 4.69) is 45.9 Å². The van der Waals surface area contributed by atoms with Crippen molar-refractivity contribution in [2.75, 3.05) is 75.8 Å². The first-order valence-electron chi connectivity index (χ1n) is 21.4. The number of aliphatic imine (C=N–C) groups is 1. The molecule has 26 nitrogen and oxygen atoms in total. The first-order chi connectivity index (χ1) is 32.3. The maximum absolute atomic E-state index is 12.8. The van der Waals surface area contributed by atoms with E-state index in [4.69, 9.17) is 33.7 Å². The van der Waals surface area contributed by atoms with E-state index in [-0.39, 0.29) is 113 Å². The number of aliphatic hydroxyl groups is 2. The summed E-state index contributed by atoms with van der Waals surface area (Å²) < 4.78 is 46.9. The second kappa shape index (κ2) is 24.8. The number of rotatable bonds is 28. The highest BCUT2D eigenvalue weighted by atomic mass is 31.2. The topological polar surface area (TPSA) is 368 Å². The molecule has 0 spiro atoms. The number of nitrogens with zero attached hydrogens (tertiary/aromatic N) is 6. The van der Waals surface area contributed by atoms with Gasteiger partial charge in [0.05, 0.1) is 90.0 Å². The number of carbonyl (C=O) groups is 3. The van der Waals surface area contributed by atoms with Crippen molar-refractivity contribution in [1.82, 2.24) is 34.8 Å². The summed E-state index contributed by atoms with van der Waals surface area (Å²) in [5.41, 5.74) is 6.78. The van der Waals surface area contributed by atoms with E-state index < -0.39 is 55.8 Å². The summed E-state index contributed by atoms with van der Waals surface area (Å²) in [6.45, 7) is 0.974. The van der Waals surface area contributed by atoms with Crippen molar-refractivity contribution in [2.24, 2.45) is 4.99 Å². The van der Waals surface area contributed by atoms with Gasteiger partial charge >= 0.3 is 13.8 Å². The van der Waals surface area contributed by atoms with Crippen molar-refractivity contribution < 1.29 is 67.2 Å². The van der Waals surface area contributed by atoms with Crippen LogP contribution in [0.3, 0.4) is 0 Å². The maximum atomic E-state index is 12.8. The molecule has 67 heavy (non-hydrogen) atoms. The number of unbranched alkanes of at least 4 members (excludes halogenated alkanes) is 1. The largest absolute Gasteiger partial charge is 0.480 e. The molecule has 27 heteroatoms. The number of phosphoric acid groups is 1. The summed E-state index contributed by atoms with van der Waals surface area (Å²) in [4.78, 5) is 82.8. The Labute approximate surface area is 382 Å². The number of amides is 1. The standard InChI is InChI=1S/C40H54N11O15P/c41-40-49-35-34(38(56)50-40)47-26(19-44-35)18-43-25-6-4-24(5-7-25)37(55)48-28(39(57)58)9-8-27(53)3-1-2-10-61-11-12-62-13-14-63-15-16-64-67(59,60)66-30-20-42-22-45-36-33(30)46-23-51(36)32-17-29(54)31(21-52)65-32/h4-7,19,22-23,28-32,43,52,54H,1-3,8-18,20-21H2,(H,42,45)(H,48,55)(H,57,58)(H,59,60)(H3,41,44,49,50,56)/t28?,29-,30-,31-,32-/m1/s1. The summed E-state index contributed by atoms with van der Waals surface area (Å²) in [7, 11) is -4.55. The molecule has 10 N–H and O–H groups in total. The smallest absolute Gasteiger partial charge is 0.472 e. The first kappa shape index (κ1) is 50.6. The average molecular weight is 960 g/mol. The predicted octanol–water partition coefficient (Wildman–Crippen LogP) is 0.826. The number of aliphatic carboxylic acids is 1. The number of fused-ring (bicyclic) bond motifs is 2. The Balaban J connectivity index is 0.763. The number of aromatic nitrogens is 6. The van der Waals surface area contributed by atoms with E-state index in [9.17, 15) is 44.0 Å². The number of nitrogens with one attached hydrogen (secondary N) is 4. The summed E-state index contributed by atoms with van der Waals surface area (Å²) in [6.07, 6.45) is 2.48. The number of carboxylic acid groups (broad SMARTS) is 1. The normalized spacial score (nSPS) is 19.3. The van der Waals surface area contributed by atoms with Gasteiger partial charge in [0.15, 0.2) is 11.2 Å². The van der Waals surface area contributed by atoms with Crippen LogP contribution in [0.5, 0.6) is 0 Å². The van der Waals surface area contributed by atoms with Crippen LogP contribution in [0.4, 0.5) is 17.5 Å². The number of anilines is 3. The van der Waals surface area contributed by atoms with Gasteiger partial charge in [0.2, 0.25) is 5.95 Å². The summed E-state index contributed by atoms with van der Waals surface area (Å²) in [5, 5.41) is 37.8. The number of ether oxygens (including phenoxy) is 4. The fourth-order valence-electron chi connectivity index (χ4n) is 6.84. The van der Waals surface area contributed by atoms with Crippen molar-refractivity contribution >= 4 is 60.4 Å². The molecule has 1 saturated heterocycles. The third-order valence-electron chi connectivity index (χ3n) is 10.3. The molecule has 0 bridgehead atoms. The minimum absolute atomic E-state index is 0.0161. The number of ketones is 1. The Hall–Kier alpha value is -5.80. The van der Waals surface area contributed by atoms with Crippen molar-refractivity contribution in [2.45, 2.75) is 75.7 Å². The number of aliphatic hydroxyl groups excluding tert-OH is 2. The molecule has 5 heterocycles. The lowest BCUT2D eigenvalue weighted by atomic mass is 10.0. The van der Waals surface area contributed by atoms with Crippen LogP contribution in [0.2, 0.25) is 0 Å². The Kier molecular flexibility index (Phi) is 18.7. The molecule has 3 aromatic heterocycles. The minimum atomic E-state index is -4.55. The molecule has 2 unspecified atom stereocenters. The molecule has 1 aromatic carbocycles. The molecule has 0 radical (unpaired) electrons. The Morgan fingerprint density at radius 2 is 1.73 bits per heavy atom. The Morgan fingerprint density at radius 1 is 1.00 bits per heavy atom. The van der Waals surface area contributed by atoms with Crippen LogP contribution in [0.1, 0.15) is 72.6 Å². The fraction of sp³-hybridized carbons (Fsp3) is 0.525. The zero-order chi connectivity index (χ0) is 47.8. The van der Waals surface area contributed by atoms with E-state index in [0.717, 1.165) is 0 Å². The van der Waals surface area contributed by atoms with Crippen LogP contribution in [0, 0.1) is 0 Å². The molecule has 0 aliphatic carbocycles. The van der Waals surface area contributed by atoms with E-state index in [1.165, 1.54) is 31.0 Å². The van der Waals surface area contributed by atoms with Crippen LogP contribution in [0.15, 0.2) is 46.6 Å². The van der Waals surface area contributed by atoms with Crippen molar-refractivity contribution in [3.8, 4) is 0 Å². The van der Waals surface area contributed by atoms with E-state index >= 15 is 0 Å². The number of aromatic amines is 1. The molecule has 2 aliphatic rings. The number of imidazole rings is 1. The fourth-order valence-corrected chi connectivity index (χ4v) is 7.70. The zero-order valence-corrected chi connectivity index (χ0v) is 37.1. The number of nitrogen functional groups attached to an aromatic ring is 1. The highest BCUT2D eigenvalue weighted by molar-refractivity contribution is 7.47. The number of hydrogen-bond donors (Lipinski definition) is 9. The summed E-state index contributed by atoms with van der Waals surface area (Å²) >= 11 is 0. The Morgan fingerprint density at radius 3 is 2.45 bits per heavy atom. The minimum Gasteiger partial charge on any atom is -0.480 e. The molecule has 364 valence electrons. The van der Waals surface area contributed by atoms with Crippen molar-refractivity contribution in [1.29, 1.82) is 0 Å². The van der Waals surface area contributed by atoms with Gasteiger partial charge in [-0.15, -0.1) is 0 Å². The summed E-state index contributed by atoms with van der Waals surface area (Å²) in [6, 6.07) is 5.03. The zero-order valence-electron chi connectivity index (χ0n) is 36.2. The van der Waals surface area contributed by atoms with Gasteiger partial charge in [-0.3, -0.25) is 38.0 Å². The number of hydrogen-bond acceptors (Lipinski definition) is 21. The van der Waals surface area contributed by atoms with Gasteiger partial charge in [0.25, 0.3) is 11.5 Å². The monoisotopic (exact) mass is 959 g/mol. The molecular weight excluding hydrogens is 905 g/mol. The van der Waals surface area contributed by atoms with Crippen molar-refractivity contribution in [3.05, 3.63) is 64.1 Å². The molecule has 6 atom stereocenters. The number of Topliss-reactive ketones (excluding diaryl/α,β-unsaturated/α-hetero) is 1. The third-order valence-corrected chi connectivity index (χ3v) is 11.3. The van der Waals surface area contributed by atoms with Gasteiger partial charge in [0, 0.05) is 37.1 Å². The lowest BCUT2D eigenvalue weighted by Crippen LogP contribution is -2.41. The first-order valence-corrected chi connectivity index (χ1v) is 22.9. The summed E-state index contributed by atoms with van der Waals surface area (Å²) in [5.74, 6) is -1.67. The van der Waals surface area contributed by atoms with Crippen LogP contribution in [-0.2, 0) is 48.7 Å². The predicted molar refractivity (Wildman–Crippen MR) is 236 cm³/mol. The Bertz CT molecular complexity index is 2420. The highest BCUT2D eigenvalue weighted by Gasteiger charge is 2.38. The van der Waals surface area contributed by atoms with Crippen LogP contribution < -0.4 is 27.2 Å². The molecule has 1 fully saturated rings. The number of phosphoric ester groups is 1. The highest BCUT2D eigenvalue weighted by Crippen LogP contribution is 2.49. The van der Waals surface area contributed by atoms with Gasteiger partial charge < -0.3 is 60.8 Å².